The Bertz CT molecular complexity index is 854. The van der Waals surface area contributed by atoms with Gasteiger partial charge in [-0.05, 0) is 29.7 Å². The summed E-state index contributed by atoms with van der Waals surface area (Å²) < 4.78 is 10.6. The Morgan fingerprint density at radius 1 is 1.21 bits per heavy atom. The first-order valence-electron chi connectivity index (χ1n) is 7.80. The molecular weight excluding hydrogens is 306 g/mol. The molecule has 6 nitrogen and oxygen atoms in total. The number of amides is 1. The quantitative estimate of drug-likeness (QED) is 0.796. The van der Waals surface area contributed by atoms with Gasteiger partial charge in [-0.3, -0.25) is 9.69 Å². The molecule has 0 bridgehead atoms. The average molecular weight is 323 g/mol. The first kappa shape index (κ1) is 14.7. The number of carbonyl (C=O) groups excluding carboxylic acids is 1. The van der Waals surface area contributed by atoms with Crippen LogP contribution >= 0.6 is 0 Å². The van der Waals surface area contributed by atoms with Crippen LogP contribution in [0, 0.1) is 0 Å². The molecule has 1 aromatic carbocycles. The lowest BCUT2D eigenvalue weighted by atomic mass is 9.93. The number of benzene rings is 1. The van der Waals surface area contributed by atoms with Crippen molar-refractivity contribution in [2.75, 3.05) is 0 Å². The number of rotatable bonds is 4. The third-order valence-electron chi connectivity index (χ3n) is 4.36. The van der Waals surface area contributed by atoms with Crippen molar-refractivity contribution in [3.05, 3.63) is 65.5 Å². The van der Waals surface area contributed by atoms with E-state index in [9.17, 15) is 4.79 Å². The second-order valence-corrected chi connectivity index (χ2v) is 5.96. The summed E-state index contributed by atoms with van der Waals surface area (Å²) in [5, 5.41) is 4.09. The first-order valence-corrected chi connectivity index (χ1v) is 7.80. The number of fused-ring (bicyclic) bond motifs is 1. The topological polar surface area (TPSA) is 85.5 Å². The number of nitrogens with zero attached hydrogens (tertiary/aromatic N) is 2. The SMILES string of the molecule is NC(=O)[C@H]1Cc2ccccc2CN1Cc1cc(-c2ccco2)on1. The maximum Gasteiger partial charge on any atom is 0.235 e. The van der Waals surface area contributed by atoms with Gasteiger partial charge in [0, 0.05) is 19.2 Å². The summed E-state index contributed by atoms with van der Waals surface area (Å²) >= 11 is 0. The van der Waals surface area contributed by atoms with Gasteiger partial charge in [0.2, 0.25) is 11.7 Å². The lowest BCUT2D eigenvalue weighted by Gasteiger charge is -2.34. The Morgan fingerprint density at radius 3 is 2.79 bits per heavy atom. The second-order valence-electron chi connectivity index (χ2n) is 5.96. The molecule has 0 saturated carbocycles. The van der Waals surface area contributed by atoms with Crippen molar-refractivity contribution in [2.24, 2.45) is 5.73 Å². The zero-order valence-electron chi connectivity index (χ0n) is 13.0. The average Bonchev–Trinajstić information content (AvgIpc) is 3.25. The Balaban J connectivity index is 1.57. The molecule has 122 valence electrons. The van der Waals surface area contributed by atoms with Crippen LogP contribution in [0.2, 0.25) is 0 Å². The predicted molar refractivity (Wildman–Crippen MR) is 86.6 cm³/mol. The molecule has 1 atom stereocenters. The Hall–Kier alpha value is -2.86. The molecule has 0 unspecified atom stereocenters. The summed E-state index contributed by atoms with van der Waals surface area (Å²) in [6.45, 7) is 1.15. The van der Waals surface area contributed by atoms with E-state index in [1.165, 1.54) is 11.1 Å². The lowest BCUT2D eigenvalue weighted by Crippen LogP contribution is -2.48. The number of hydrogen-bond donors (Lipinski definition) is 1. The van der Waals surface area contributed by atoms with Gasteiger partial charge in [0.05, 0.1) is 18.0 Å². The molecule has 0 spiro atoms. The van der Waals surface area contributed by atoms with Crippen LogP contribution in [0.25, 0.3) is 11.5 Å². The van der Waals surface area contributed by atoms with Crippen LogP contribution in [0.5, 0.6) is 0 Å². The highest BCUT2D eigenvalue weighted by Gasteiger charge is 2.30. The normalized spacial score (nSPS) is 17.6. The van der Waals surface area contributed by atoms with Gasteiger partial charge >= 0.3 is 0 Å². The van der Waals surface area contributed by atoms with Gasteiger partial charge < -0.3 is 14.7 Å². The summed E-state index contributed by atoms with van der Waals surface area (Å²) in [6.07, 6.45) is 2.20. The second kappa shape index (κ2) is 5.98. The van der Waals surface area contributed by atoms with Crippen LogP contribution in [0.4, 0.5) is 0 Å². The minimum Gasteiger partial charge on any atom is -0.461 e. The number of primary amides is 1. The molecule has 0 radical (unpaired) electrons. The predicted octanol–water partition coefficient (Wildman–Crippen LogP) is 2.35. The van der Waals surface area contributed by atoms with Crippen molar-refractivity contribution >= 4 is 5.91 Å². The maximum absolute atomic E-state index is 11.9. The third-order valence-corrected chi connectivity index (χ3v) is 4.36. The molecule has 0 saturated heterocycles. The molecular formula is C18H17N3O3. The fourth-order valence-corrected chi connectivity index (χ4v) is 3.15. The highest BCUT2D eigenvalue weighted by Crippen LogP contribution is 2.26. The lowest BCUT2D eigenvalue weighted by molar-refractivity contribution is -0.124. The minimum atomic E-state index is -0.344. The molecule has 4 rings (SSSR count). The molecule has 3 aromatic rings. The molecule has 3 heterocycles. The maximum atomic E-state index is 11.9. The number of furan rings is 1. The summed E-state index contributed by atoms with van der Waals surface area (Å²) in [5.41, 5.74) is 8.74. The van der Waals surface area contributed by atoms with E-state index in [-0.39, 0.29) is 11.9 Å². The number of carbonyl (C=O) groups is 1. The third kappa shape index (κ3) is 2.72. The molecule has 24 heavy (non-hydrogen) atoms. The minimum absolute atomic E-state index is 0.320. The van der Waals surface area contributed by atoms with E-state index in [4.69, 9.17) is 14.7 Å². The van der Waals surface area contributed by atoms with Gasteiger partial charge in [-0.15, -0.1) is 0 Å². The summed E-state index contributed by atoms with van der Waals surface area (Å²) in [6, 6.07) is 13.2. The van der Waals surface area contributed by atoms with E-state index in [1.807, 2.05) is 35.2 Å². The van der Waals surface area contributed by atoms with Crippen molar-refractivity contribution in [3.63, 3.8) is 0 Å². The van der Waals surface area contributed by atoms with Crippen LogP contribution in [0.3, 0.4) is 0 Å². The number of hydrogen-bond acceptors (Lipinski definition) is 5. The molecule has 6 heteroatoms. The van der Waals surface area contributed by atoms with Crippen LogP contribution in [-0.2, 0) is 24.3 Å². The fourth-order valence-electron chi connectivity index (χ4n) is 3.15. The van der Waals surface area contributed by atoms with Crippen LogP contribution < -0.4 is 5.73 Å². The van der Waals surface area contributed by atoms with E-state index in [0.29, 0.717) is 31.0 Å². The van der Waals surface area contributed by atoms with E-state index >= 15 is 0 Å². The van der Waals surface area contributed by atoms with Crippen molar-refractivity contribution < 1.29 is 13.7 Å². The fraction of sp³-hybridized carbons (Fsp3) is 0.222. The highest BCUT2D eigenvalue weighted by molar-refractivity contribution is 5.80. The Morgan fingerprint density at radius 2 is 2.04 bits per heavy atom. The highest BCUT2D eigenvalue weighted by atomic mass is 16.5. The van der Waals surface area contributed by atoms with Gasteiger partial charge in [0.25, 0.3) is 0 Å². The number of aromatic nitrogens is 1. The van der Waals surface area contributed by atoms with Gasteiger partial charge in [-0.25, -0.2) is 0 Å². The molecule has 2 aromatic heterocycles. The van der Waals surface area contributed by atoms with Crippen LogP contribution in [-0.4, -0.2) is 22.0 Å². The summed E-state index contributed by atoms with van der Waals surface area (Å²) in [7, 11) is 0. The van der Waals surface area contributed by atoms with Crippen molar-refractivity contribution in [2.45, 2.75) is 25.6 Å². The van der Waals surface area contributed by atoms with Crippen molar-refractivity contribution in [3.8, 4) is 11.5 Å². The zero-order valence-corrected chi connectivity index (χ0v) is 13.0. The van der Waals surface area contributed by atoms with E-state index in [2.05, 4.69) is 11.2 Å². The molecule has 0 aliphatic carbocycles. The molecule has 1 aliphatic rings. The van der Waals surface area contributed by atoms with Crippen molar-refractivity contribution in [1.29, 1.82) is 0 Å². The standard InChI is InChI=1S/C18H17N3O3/c19-18(22)15-8-12-4-1-2-5-13(12)10-21(15)11-14-9-17(24-20-14)16-6-3-7-23-16/h1-7,9,15H,8,10-11H2,(H2,19,22)/t15-/m1/s1. The number of nitrogens with two attached hydrogens (primary N) is 1. The van der Waals surface area contributed by atoms with E-state index in [0.717, 1.165) is 5.69 Å². The Kier molecular flexibility index (Phi) is 3.66. The Labute approximate surface area is 138 Å². The summed E-state index contributed by atoms with van der Waals surface area (Å²) in [4.78, 5) is 13.9. The zero-order chi connectivity index (χ0) is 16.5. The van der Waals surface area contributed by atoms with Crippen LogP contribution in [0.15, 0.2) is 57.7 Å². The van der Waals surface area contributed by atoms with Crippen LogP contribution in [0.1, 0.15) is 16.8 Å². The largest absolute Gasteiger partial charge is 0.461 e. The molecule has 2 N–H and O–H groups in total. The molecule has 0 fully saturated rings. The first-order chi connectivity index (χ1) is 11.7. The van der Waals surface area contributed by atoms with Crippen molar-refractivity contribution in [1.82, 2.24) is 10.1 Å². The van der Waals surface area contributed by atoms with E-state index in [1.54, 1.807) is 12.3 Å². The van der Waals surface area contributed by atoms with Gasteiger partial charge in [0.15, 0.2) is 5.76 Å². The van der Waals surface area contributed by atoms with E-state index < -0.39 is 0 Å². The van der Waals surface area contributed by atoms with Gasteiger partial charge in [-0.2, -0.15) is 0 Å². The molecule has 1 amide bonds. The monoisotopic (exact) mass is 323 g/mol. The smallest absolute Gasteiger partial charge is 0.235 e. The van der Waals surface area contributed by atoms with Gasteiger partial charge in [-0.1, -0.05) is 29.4 Å². The van der Waals surface area contributed by atoms with Gasteiger partial charge in [0.1, 0.15) is 0 Å². The summed E-state index contributed by atoms with van der Waals surface area (Å²) in [5.74, 6) is 0.881. The molecule has 1 aliphatic heterocycles.